The zero-order valence-corrected chi connectivity index (χ0v) is 24.7. The minimum absolute atomic E-state index is 0.0213. The summed E-state index contributed by atoms with van der Waals surface area (Å²) in [5, 5.41) is 17.8. The second-order valence-corrected chi connectivity index (χ2v) is 11.0. The molecule has 226 valence electrons. The molecule has 0 amide bonds. The standard InChI is InChI=1S/C33H58O6/c34-23-13-6-1-3-8-15-25-36-31-21-22-32(37-26-16-9-4-2-7-14-24-35)30(29-31)19-11-5-10-17-27-38-33-20-12-18-28-39-33/h21-22,29,33-35H,1-20,23-28H2. The van der Waals surface area contributed by atoms with E-state index >= 15 is 0 Å². The Bertz CT molecular complexity index is 676. The smallest absolute Gasteiger partial charge is 0.157 e. The zero-order chi connectivity index (χ0) is 27.6. The monoisotopic (exact) mass is 550 g/mol. The van der Waals surface area contributed by atoms with Gasteiger partial charge in [-0.15, -0.1) is 0 Å². The number of benzene rings is 1. The molecule has 0 saturated carbocycles. The van der Waals surface area contributed by atoms with Crippen molar-refractivity contribution >= 4 is 0 Å². The van der Waals surface area contributed by atoms with Crippen molar-refractivity contribution in [3.05, 3.63) is 23.8 Å². The summed E-state index contributed by atoms with van der Waals surface area (Å²) < 4.78 is 23.8. The average Bonchev–Trinajstić information content (AvgIpc) is 2.96. The van der Waals surface area contributed by atoms with Crippen molar-refractivity contribution in [1.29, 1.82) is 0 Å². The van der Waals surface area contributed by atoms with Gasteiger partial charge >= 0.3 is 0 Å². The second kappa shape index (κ2) is 24.5. The molecule has 0 aliphatic carbocycles. The largest absolute Gasteiger partial charge is 0.494 e. The molecular weight excluding hydrogens is 492 g/mol. The number of unbranched alkanes of at least 4 members (excludes halogenated alkanes) is 13. The van der Waals surface area contributed by atoms with Crippen molar-refractivity contribution in [2.24, 2.45) is 0 Å². The van der Waals surface area contributed by atoms with Gasteiger partial charge in [0.25, 0.3) is 0 Å². The van der Waals surface area contributed by atoms with Crippen molar-refractivity contribution < 1.29 is 29.2 Å². The van der Waals surface area contributed by atoms with Gasteiger partial charge in [-0.05, 0) is 88.0 Å². The molecule has 39 heavy (non-hydrogen) atoms. The summed E-state index contributed by atoms with van der Waals surface area (Å²) in [4.78, 5) is 0. The van der Waals surface area contributed by atoms with Gasteiger partial charge in [0.15, 0.2) is 6.29 Å². The van der Waals surface area contributed by atoms with Gasteiger partial charge in [0, 0.05) is 26.4 Å². The molecule has 1 atom stereocenters. The van der Waals surface area contributed by atoms with Crippen LogP contribution in [-0.4, -0.2) is 56.1 Å². The minimum atomic E-state index is 0.0213. The highest BCUT2D eigenvalue weighted by molar-refractivity contribution is 5.40. The van der Waals surface area contributed by atoms with Crippen molar-refractivity contribution in [1.82, 2.24) is 0 Å². The lowest BCUT2D eigenvalue weighted by molar-refractivity contribution is -0.162. The minimum Gasteiger partial charge on any atom is -0.494 e. The maximum atomic E-state index is 8.91. The molecule has 1 unspecified atom stereocenters. The summed E-state index contributed by atoms with van der Waals surface area (Å²) in [6.45, 7) is 3.75. The van der Waals surface area contributed by atoms with E-state index in [1.165, 1.54) is 63.4 Å². The van der Waals surface area contributed by atoms with E-state index in [0.717, 1.165) is 109 Å². The van der Waals surface area contributed by atoms with Gasteiger partial charge in [-0.1, -0.05) is 64.2 Å². The van der Waals surface area contributed by atoms with Crippen LogP contribution < -0.4 is 9.47 Å². The number of aliphatic hydroxyl groups excluding tert-OH is 2. The first-order chi connectivity index (χ1) is 19.3. The Labute approximate surface area is 238 Å². The van der Waals surface area contributed by atoms with Gasteiger partial charge in [-0.3, -0.25) is 0 Å². The molecule has 1 heterocycles. The van der Waals surface area contributed by atoms with Crippen LogP contribution in [0, 0.1) is 0 Å². The summed E-state index contributed by atoms with van der Waals surface area (Å²) in [5.74, 6) is 1.95. The van der Waals surface area contributed by atoms with Crippen molar-refractivity contribution in [3.8, 4) is 11.5 Å². The molecular formula is C33H58O6. The van der Waals surface area contributed by atoms with Gasteiger partial charge in [0.1, 0.15) is 11.5 Å². The molecule has 1 aromatic carbocycles. The van der Waals surface area contributed by atoms with Gasteiger partial charge in [0.2, 0.25) is 0 Å². The molecule has 1 fully saturated rings. The van der Waals surface area contributed by atoms with Crippen LogP contribution in [0.3, 0.4) is 0 Å². The van der Waals surface area contributed by atoms with E-state index in [1.54, 1.807) is 0 Å². The van der Waals surface area contributed by atoms with Gasteiger partial charge < -0.3 is 29.2 Å². The topological polar surface area (TPSA) is 77.4 Å². The molecule has 1 aliphatic heterocycles. The van der Waals surface area contributed by atoms with Crippen LogP contribution in [0.5, 0.6) is 11.5 Å². The fraction of sp³-hybridized carbons (Fsp3) is 0.818. The number of hydrogen-bond donors (Lipinski definition) is 2. The van der Waals surface area contributed by atoms with Crippen molar-refractivity contribution in [3.63, 3.8) is 0 Å². The molecule has 1 aromatic rings. The third kappa shape index (κ3) is 17.9. The van der Waals surface area contributed by atoms with E-state index in [1.807, 2.05) is 0 Å². The number of ether oxygens (including phenoxy) is 4. The van der Waals surface area contributed by atoms with Crippen LogP contribution in [0.2, 0.25) is 0 Å². The molecule has 0 radical (unpaired) electrons. The normalized spacial score (nSPS) is 15.5. The van der Waals surface area contributed by atoms with Gasteiger partial charge in [-0.2, -0.15) is 0 Å². The van der Waals surface area contributed by atoms with Gasteiger partial charge in [-0.25, -0.2) is 0 Å². The maximum Gasteiger partial charge on any atom is 0.157 e. The summed E-state index contributed by atoms with van der Waals surface area (Å²) in [6, 6.07) is 6.34. The SMILES string of the molecule is OCCCCCCCCOc1ccc(OCCCCCCCCO)c(CCCCCCOC2CCCCO2)c1. The highest BCUT2D eigenvalue weighted by atomic mass is 16.7. The summed E-state index contributed by atoms with van der Waals surface area (Å²) in [6.07, 6.45) is 22.4. The number of aryl methyl sites for hydroxylation is 1. The average molecular weight is 551 g/mol. The van der Waals surface area contributed by atoms with E-state index in [4.69, 9.17) is 29.2 Å². The van der Waals surface area contributed by atoms with Crippen LogP contribution >= 0.6 is 0 Å². The highest BCUT2D eigenvalue weighted by Gasteiger charge is 2.13. The van der Waals surface area contributed by atoms with E-state index < -0.39 is 0 Å². The first-order valence-corrected chi connectivity index (χ1v) is 16.2. The van der Waals surface area contributed by atoms with Gasteiger partial charge in [0.05, 0.1) is 13.2 Å². The number of rotatable bonds is 26. The Balaban J connectivity index is 1.69. The Morgan fingerprint density at radius 3 is 1.87 bits per heavy atom. The fourth-order valence-corrected chi connectivity index (χ4v) is 5.02. The lowest BCUT2D eigenvalue weighted by Crippen LogP contribution is -2.22. The molecule has 1 aliphatic rings. The lowest BCUT2D eigenvalue weighted by Gasteiger charge is -2.22. The number of hydrogen-bond acceptors (Lipinski definition) is 6. The molecule has 1 saturated heterocycles. The van der Waals surface area contributed by atoms with Crippen molar-refractivity contribution in [2.75, 3.05) is 39.6 Å². The summed E-state index contributed by atoms with van der Waals surface area (Å²) in [7, 11) is 0. The maximum absolute atomic E-state index is 8.91. The fourth-order valence-electron chi connectivity index (χ4n) is 5.02. The van der Waals surface area contributed by atoms with Crippen LogP contribution in [0.4, 0.5) is 0 Å². The first-order valence-electron chi connectivity index (χ1n) is 16.2. The first kappa shape index (κ1) is 33.9. The lowest BCUT2D eigenvalue weighted by atomic mass is 10.0. The summed E-state index contributed by atoms with van der Waals surface area (Å²) >= 11 is 0. The Hall–Kier alpha value is -1.34. The quantitative estimate of drug-likeness (QED) is 0.115. The highest BCUT2D eigenvalue weighted by Crippen LogP contribution is 2.27. The zero-order valence-electron chi connectivity index (χ0n) is 24.7. The molecule has 0 bridgehead atoms. The van der Waals surface area contributed by atoms with E-state index in [2.05, 4.69) is 18.2 Å². The molecule has 2 rings (SSSR count). The van der Waals surface area contributed by atoms with Crippen LogP contribution in [0.1, 0.15) is 128 Å². The summed E-state index contributed by atoms with van der Waals surface area (Å²) in [5.41, 5.74) is 1.26. The predicted molar refractivity (Wildman–Crippen MR) is 159 cm³/mol. The van der Waals surface area contributed by atoms with E-state index in [0.29, 0.717) is 13.2 Å². The third-order valence-electron chi connectivity index (χ3n) is 7.45. The Morgan fingerprint density at radius 1 is 0.641 bits per heavy atom. The molecule has 6 nitrogen and oxygen atoms in total. The Morgan fingerprint density at radius 2 is 1.23 bits per heavy atom. The van der Waals surface area contributed by atoms with E-state index in [9.17, 15) is 0 Å². The predicted octanol–water partition coefficient (Wildman–Crippen LogP) is 7.76. The number of aliphatic hydroxyl groups is 2. The van der Waals surface area contributed by atoms with Crippen LogP contribution in [0.15, 0.2) is 18.2 Å². The van der Waals surface area contributed by atoms with E-state index in [-0.39, 0.29) is 6.29 Å². The third-order valence-corrected chi connectivity index (χ3v) is 7.45. The molecule has 0 aromatic heterocycles. The van der Waals surface area contributed by atoms with Crippen LogP contribution in [0.25, 0.3) is 0 Å². The van der Waals surface area contributed by atoms with Crippen LogP contribution in [-0.2, 0) is 15.9 Å². The molecule has 2 N–H and O–H groups in total. The molecule has 6 heteroatoms. The van der Waals surface area contributed by atoms with Crippen molar-refractivity contribution in [2.45, 2.75) is 135 Å². The second-order valence-electron chi connectivity index (χ2n) is 11.0. The molecule has 0 spiro atoms. The Kier molecular flexibility index (Phi) is 21.2.